The molecule has 2 rings (SSSR count). The van der Waals surface area contributed by atoms with Crippen LogP contribution in [0.3, 0.4) is 0 Å². The molecule has 4 heteroatoms. The lowest BCUT2D eigenvalue weighted by atomic mass is 10.1. The van der Waals surface area contributed by atoms with Gasteiger partial charge in [0.2, 0.25) is 0 Å². The first kappa shape index (κ1) is 12.5. The van der Waals surface area contributed by atoms with Crippen molar-refractivity contribution in [1.82, 2.24) is 0 Å². The second kappa shape index (κ2) is 6.10. The molecule has 0 amide bonds. The summed E-state index contributed by atoms with van der Waals surface area (Å²) in [5, 5.41) is 4.27. The fourth-order valence-electron chi connectivity index (χ4n) is 1.59. The molecule has 0 N–H and O–H groups in total. The van der Waals surface area contributed by atoms with Gasteiger partial charge in [-0.2, -0.15) is 11.3 Å². The van der Waals surface area contributed by atoms with Gasteiger partial charge < -0.3 is 0 Å². The van der Waals surface area contributed by atoms with Gasteiger partial charge in [-0.3, -0.25) is 4.18 Å². The third kappa shape index (κ3) is 3.49. The van der Waals surface area contributed by atoms with Crippen LogP contribution in [0.15, 0.2) is 46.0 Å². The molecule has 0 aliphatic heterocycles. The first-order valence-corrected chi connectivity index (χ1v) is 7.37. The molecule has 1 unspecified atom stereocenters. The van der Waals surface area contributed by atoms with Crippen LogP contribution in [-0.4, -0.2) is 11.3 Å². The molecular weight excluding hydrogens is 252 g/mol. The Balaban J connectivity index is 1.96. The number of hydrogen-bond acceptors (Lipinski definition) is 3. The van der Waals surface area contributed by atoms with Gasteiger partial charge in [0.15, 0.2) is 11.1 Å². The fraction of sp³-hybridized carbons (Fsp3) is 0.231. The zero-order valence-electron chi connectivity index (χ0n) is 9.59. The van der Waals surface area contributed by atoms with Crippen LogP contribution in [0.5, 0.6) is 0 Å². The molecule has 1 heterocycles. The Bertz CT molecular complexity index is 475. The number of benzene rings is 1. The molecule has 0 bridgehead atoms. The molecule has 0 spiro atoms. The summed E-state index contributed by atoms with van der Waals surface area (Å²) in [5.74, 6) is 0. The molecule has 0 fully saturated rings. The molecule has 2 nitrogen and oxygen atoms in total. The van der Waals surface area contributed by atoms with E-state index in [1.165, 1.54) is 18.2 Å². The summed E-state index contributed by atoms with van der Waals surface area (Å²) in [5.41, 5.74) is 2.63. The van der Waals surface area contributed by atoms with Crippen LogP contribution in [0, 0.1) is 0 Å². The Kier molecular flexibility index (Phi) is 4.48. The average Bonchev–Trinajstić information content (AvgIpc) is 2.89. The smallest absolute Gasteiger partial charge is 0.188 e. The highest BCUT2D eigenvalue weighted by Gasteiger charge is 2.02. The van der Waals surface area contributed by atoms with E-state index in [0.29, 0.717) is 4.90 Å². The predicted molar refractivity (Wildman–Crippen MR) is 71.6 cm³/mol. The van der Waals surface area contributed by atoms with Gasteiger partial charge in [0.25, 0.3) is 0 Å². The number of hydrogen-bond donors (Lipinski definition) is 0. The highest BCUT2D eigenvalue weighted by molar-refractivity contribution is 7.80. The van der Waals surface area contributed by atoms with Gasteiger partial charge in [0.05, 0.1) is 12.0 Å². The first-order chi connectivity index (χ1) is 8.29. The summed E-state index contributed by atoms with van der Waals surface area (Å²) < 4.78 is 16.1. The van der Waals surface area contributed by atoms with Crippen LogP contribution in [0.25, 0.3) is 0 Å². The number of thiophene rings is 1. The monoisotopic (exact) mass is 266 g/mol. The van der Waals surface area contributed by atoms with E-state index in [9.17, 15) is 4.21 Å². The summed E-state index contributed by atoms with van der Waals surface area (Å²) >= 11 is 0.397. The van der Waals surface area contributed by atoms with E-state index in [-0.39, 0.29) is 0 Å². The molecule has 1 atom stereocenters. The van der Waals surface area contributed by atoms with Crippen molar-refractivity contribution in [2.24, 2.45) is 0 Å². The van der Waals surface area contributed by atoms with E-state index >= 15 is 0 Å². The molecule has 0 radical (unpaired) electrons. The summed E-state index contributed by atoms with van der Waals surface area (Å²) in [4.78, 5) is 0.715. The molecule has 0 aliphatic rings. The molecule has 0 saturated heterocycles. The minimum Gasteiger partial charge on any atom is -0.290 e. The molecule has 1 aromatic carbocycles. The van der Waals surface area contributed by atoms with Crippen molar-refractivity contribution in [3.05, 3.63) is 52.2 Å². The molecule has 0 aliphatic carbocycles. The summed E-state index contributed by atoms with van der Waals surface area (Å²) in [6.07, 6.45) is 2.06. The van der Waals surface area contributed by atoms with Crippen molar-refractivity contribution in [2.45, 2.75) is 17.7 Å². The third-order valence-corrected chi connectivity index (χ3v) is 4.24. The molecule has 0 saturated carbocycles. The van der Waals surface area contributed by atoms with Crippen molar-refractivity contribution in [1.29, 1.82) is 0 Å². The molecule has 2 aromatic rings. The molecule has 90 valence electrons. The van der Waals surface area contributed by atoms with Gasteiger partial charge in [-0.15, -0.1) is 0 Å². The number of aryl methyl sites for hydroxylation is 2. The zero-order valence-corrected chi connectivity index (χ0v) is 11.2. The van der Waals surface area contributed by atoms with Crippen LogP contribution < -0.4 is 0 Å². The Morgan fingerprint density at radius 2 is 1.82 bits per heavy atom. The van der Waals surface area contributed by atoms with E-state index < -0.39 is 11.1 Å². The van der Waals surface area contributed by atoms with E-state index in [1.807, 2.05) is 24.3 Å². The van der Waals surface area contributed by atoms with Gasteiger partial charge >= 0.3 is 0 Å². The zero-order chi connectivity index (χ0) is 12.1. The molecular formula is C13H14O2S2. The quantitative estimate of drug-likeness (QED) is 0.830. The maximum absolute atomic E-state index is 11.4. The summed E-state index contributed by atoms with van der Waals surface area (Å²) in [7, 11) is 1.45. The van der Waals surface area contributed by atoms with Crippen molar-refractivity contribution in [3.8, 4) is 0 Å². The lowest BCUT2D eigenvalue weighted by Gasteiger charge is -2.02. The largest absolute Gasteiger partial charge is 0.290 e. The van der Waals surface area contributed by atoms with Crippen LogP contribution in [0.2, 0.25) is 0 Å². The first-order valence-electron chi connectivity index (χ1n) is 5.36. The lowest BCUT2D eigenvalue weighted by Crippen LogP contribution is -1.94. The highest BCUT2D eigenvalue weighted by Crippen LogP contribution is 2.13. The maximum atomic E-state index is 11.4. The Morgan fingerprint density at radius 1 is 1.12 bits per heavy atom. The summed E-state index contributed by atoms with van der Waals surface area (Å²) in [6.45, 7) is 0. The van der Waals surface area contributed by atoms with E-state index in [4.69, 9.17) is 4.18 Å². The second-order valence-electron chi connectivity index (χ2n) is 3.68. The van der Waals surface area contributed by atoms with Crippen LogP contribution in [0.1, 0.15) is 11.1 Å². The highest BCUT2D eigenvalue weighted by atomic mass is 32.2. The van der Waals surface area contributed by atoms with Gasteiger partial charge in [0, 0.05) is 0 Å². The predicted octanol–water partition coefficient (Wildman–Crippen LogP) is 3.20. The minimum absolute atomic E-state index is 0.715. The topological polar surface area (TPSA) is 26.3 Å². The standard InChI is InChI=1S/C13H14O2S2/c1-15-17(14)13-6-4-11(5-7-13)2-3-12-8-9-16-10-12/h4-10H,2-3H2,1H3. The van der Waals surface area contributed by atoms with E-state index in [1.54, 1.807) is 11.3 Å². The maximum Gasteiger partial charge on any atom is 0.188 e. The van der Waals surface area contributed by atoms with E-state index in [0.717, 1.165) is 12.8 Å². The normalized spacial score (nSPS) is 12.5. The van der Waals surface area contributed by atoms with Gasteiger partial charge in [0.1, 0.15) is 0 Å². The minimum atomic E-state index is -1.33. The second-order valence-corrected chi connectivity index (χ2v) is 5.73. The Morgan fingerprint density at radius 3 is 2.41 bits per heavy atom. The van der Waals surface area contributed by atoms with Crippen molar-refractivity contribution < 1.29 is 8.39 Å². The van der Waals surface area contributed by atoms with Gasteiger partial charge in [-0.1, -0.05) is 12.1 Å². The van der Waals surface area contributed by atoms with Crippen molar-refractivity contribution >= 4 is 22.4 Å². The summed E-state index contributed by atoms with van der Waals surface area (Å²) in [6, 6.07) is 9.90. The SMILES string of the molecule is COS(=O)c1ccc(CCc2ccsc2)cc1. The molecule has 17 heavy (non-hydrogen) atoms. The van der Waals surface area contributed by atoms with Gasteiger partial charge in [-0.05, 0) is 52.9 Å². The number of rotatable bonds is 5. The van der Waals surface area contributed by atoms with Crippen molar-refractivity contribution in [2.75, 3.05) is 7.11 Å². The van der Waals surface area contributed by atoms with Crippen LogP contribution in [-0.2, 0) is 28.1 Å². The molecule has 1 aromatic heterocycles. The Hall–Kier alpha value is -0.970. The van der Waals surface area contributed by atoms with Gasteiger partial charge in [-0.25, -0.2) is 4.21 Å². The van der Waals surface area contributed by atoms with Crippen molar-refractivity contribution in [3.63, 3.8) is 0 Å². The fourth-order valence-corrected chi connectivity index (χ4v) is 2.84. The third-order valence-electron chi connectivity index (χ3n) is 2.55. The Labute approximate surface area is 108 Å². The lowest BCUT2D eigenvalue weighted by molar-refractivity contribution is 0.445. The van der Waals surface area contributed by atoms with Crippen LogP contribution >= 0.6 is 11.3 Å². The average molecular weight is 266 g/mol. The van der Waals surface area contributed by atoms with E-state index in [2.05, 4.69) is 16.8 Å². The van der Waals surface area contributed by atoms with Crippen LogP contribution in [0.4, 0.5) is 0 Å².